The summed E-state index contributed by atoms with van der Waals surface area (Å²) in [6.45, 7) is 3.90. The predicted octanol–water partition coefficient (Wildman–Crippen LogP) is 2.04. The molecule has 1 aromatic rings. The summed E-state index contributed by atoms with van der Waals surface area (Å²) in [5, 5.41) is 2.94. The first-order chi connectivity index (χ1) is 5.20. The van der Waals surface area contributed by atoms with E-state index in [1.54, 1.807) is 0 Å². The van der Waals surface area contributed by atoms with Crippen LogP contribution in [-0.2, 0) is 0 Å². The van der Waals surface area contributed by atoms with E-state index in [4.69, 9.17) is 0 Å². The van der Waals surface area contributed by atoms with Crippen molar-refractivity contribution in [1.29, 1.82) is 0 Å². The van der Waals surface area contributed by atoms with Crippen molar-refractivity contribution in [1.82, 2.24) is 4.98 Å². The zero-order valence-corrected chi connectivity index (χ0v) is 6.63. The highest BCUT2D eigenvalue weighted by Crippen LogP contribution is 2.11. The summed E-state index contributed by atoms with van der Waals surface area (Å²) >= 11 is 0. The lowest BCUT2D eigenvalue weighted by molar-refractivity contribution is 0.625. The summed E-state index contributed by atoms with van der Waals surface area (Å²) in [5.41, 5.74) is 0.461. The fourth-order valence-corrected chi connectivity index (χ4v) is 0.795. The molecule has 0 amide bonds. The number of halogens is 1. The Morgan fingerprint density at radius 3 is 2.82 bits per heavy atom. The van der Waals surface area contributed by atoms with Gasteiger partial charge in [-0.2, -0.15) is 0 Å². The highest BCUT2D eigenvalue weighted by molar-refractivity contribution is 5.42. The standard InChI is InChI=1S/C8H11FN2/c1-6(2)11-8-5-10-4-3-7(8)9/h3-6,11H,1-2H3. The van der Waals surface area contributed by atoms with Crippen molar-refractivity contribution in [2.45, 2.75) is 19.9 Å². The van der Waals surface area contributed by atoms with Crippen LogP contribution in [0.1, 0.15) is 13.8 Å². The summed E-state index contributed by atoms with van der Waals surface area (Å²) in [6.07, 6.45) is 2.91. The average molecular weight is 154 g/mol. The van der Waals surface area contributed by atoms with Crippen LogP contribution in [-0.4, -0.2) is 11.0 Å². The summed E-state index contributed by atoms with van der Waals surface area (Å²) in [6, 6.07) is 1.57. The predicted molar refractivity (Wildman–Crippen MR) is 43.0 cm³/mol. The van der Waals surface area contributed by atoms with Crippen molar-refractivity contribution in [3.8, 4) is 0 Å². The molecule has 0 aliphatic carbocycles. The van der Waals surface area contributed by atoms with Gasteiger partial charge in [0.15, 0.2) is 0 Å². The van der Waals surface area contributed by atoms with Crippen molar-refractivity contribution < 1.29 is 4.39 Å². The molecule has 1 aromatic heterocycles. The molecule has 1 heterocycles. The molecule has 0 saturated carbocycles. The third-order valence-corrected chi connectivity index (χ3v) is 1.21. The van der Waals surface area contributed by atoms with Crippen molar-refractivity contribution in [2.75, 3.05) is 5.32 Å². The molecule has 60 valence electrons. The first-order valence-corrected chi connectivity index (χ1v) is 3.56. The molecule has 0 bridgehead atoms. The lowest BCUT2D eigenvalue weighted by Crippen LogP contribution is -2.10. The van der Waals surface area contributed by atoms with Crippen molar-refractivity contribution in [3.63, 3.8) is 0 Å². The van der Waals surface area contributed by atoms with Gasteiger partial charge in [-0.05, 0) is 19.9 Å². The quantitative estimate of drug-likeness (QED) is 0.705. The van der Waals surface area contributed by atoms with Crippen LogP contribution in [0, 0.1) is 5.82 Å². The fraction of sp³-hybridized carbons (Fsp3) is 0.375. The Labute approximate surface area is 65.5 Å². The minimum atomic E-state index is -0.256. The molecule has 0 spiro atoms. The molecule has 0 aliphatic rings. The number of aromatic nitrogens is 1. The monoisotopic (exact) mass is 154 g/mol. The largest absolute Gasteiger partial charge is 0.379 e. The Morgan fingerprint density at radius 1 is 1.55 bits per heavy atom. The number of rotatable bonds is 2. The highest BCUT2D eigenvalue weighted by Gasteiger charge is 2.00. The van der Waals surface area contributed by atoms with Crippen LogP contribution < -0.4 is 5.32 Å². The van der Waals surface area contributed by atoms with Gasteiger partial charge in [-0.25, -0.2) is 4.39 Å². The fourth-order valence-electron chi connectivity index (χ4n) is 0.795. The molecule has 3 heteroatoms. The van der Waals surface area contributed by atoms with E-state index in [-0.39, 0.29) is 11.9 Å². The second-order valence-corrected chi connectivity index (χ2v) is 2.65. The lowest BCUT2D eigenvalue weighted by Gasteiger charge is -2.09. The Kier molecular flexibility index (Phi) is 2.41. The number of hydrogen-bond acceptors (Lipinski definition) is 2. The highest BCUT2D eigenvalue weighted by atomic mass is 19.1. The summed E-state index contributed by atoms with van der Waals surface area (Å²) in [5.74, 6) is -0.256. The van der Waals surface area contributed by atoms with E-state index in [0.29, 0.717) is 5.69 Å². The molecular formula is C8H11FN2. The van der Waals surface area contributed by atoms with Crippen LogP contribution >= 0.6 is 0 Å². The van der Waals surface area contributed by atoms with E-state index >= 15 is 0 Å². The molecule has 0 atom stereocenters. The Hall–Kier alpha value is -1.12. The van der Waals surface area contributed by atoms with Gasteiger partial charge < -0.3 is 5.32 Å². The van der Waals surface area contributed by atoms with E-state index in [0.717, 1.165) is 0 Å². The molecule has 11 heavy (non-hydrogen) atoms. The van der Waals surface area contributed by atoms with Crippen LogP contribution in [0.25, 0.3) is 0 Å². The average Bonchev–Trinajstić information content (AvgIpc) is 1.93. The summed E-state index contributed by atoms with van der Waals surface area (Å²) in [7, 11) is 0. The van der Waals surface area contributed by atoms with Crippen LogP contribution in [0.3, 0.4) is 0 Å². The second kappa shape index (κ2) is 3.32. The molecule has 0 aliphatic heterocycles. The van der Waals surface area contributed by atoms with Gasteiger partial charge >= 0.3 is 0 Å². The first kappa shape index (κ1) is 7.98. The van der Waals surface area contributed by atoms with E-state index in [1.165, 1.54) is 18.5 Å². The third kappa shape index (κ3) is 2.18. The molecule has 1 rings (SSSR count). The maximum atomic E-state index is 12.8. The SMILES string of the molecule is CC(C)Nc1cnccc1F. The second-order valence-electron chi connectivity index (χ2n) is 2.65. The summed E-state index contributed by atoms with van der Waals surface area (Å²) < 4.78 is 12.8. The molecule has 0 aromatic carbocycles. The minimum Gasteiger partial charge on any atom is -0.379 e. The summed E-state index contributed by atoms with van der Waals surface area (Å²) in [4.78, 5) is 3.80. The van der Waals surface area contributed by atoms with Gasteiger partial charge in [-0.15, -0.1) is 0 Å². The van der Waals surface area contributed by atoms with E-state index in [1.807, 2.05) is 13.8 Å². The van der Waals surface area contributed by atoms with Gasteiger partial charge in [0.05, 0.1) is 11.9 Å². The smallest absolute Gasteiger partial charge is 0.149 e. The van der Waals surface area contributed by atoms with Crippen LogP contribution in [0.15, 0.2) is 18.5 Å². The topological polar surface area (TPSA) is 24.9 Å². The first-order valence-electron chi connectivity index (χ1n) is 3.56. The molecule has 0 saturated heterocycles. The zero-order chi connectivity index (χ0) is 8.27. The number of anilines is 1. The Bertz CT molecular complexity index is 235. The van der Waals surface area contributed by atoms with Gasteiger partial charge in [0, 0.05) is 12.2 Å². The van der Waals surface area contributed by atoms with Gasteiger partial charge in [0.1, 0.15) is 5.82 Å². The van der Waals surface area contributed by atoms with Gasteiger partial charge in [0.25, 0.3) is 0 Å². The van der Waals surface area contributed by atoms with Crippen molar-refractivity contribution in [2.24, 2.45) is 0 Å². The Morgan fingerprint density at radius 2 is 2.27 bits per heavy atom. The van der Waals surface area contributed by atoms with Crippen LogP contribution in [0.5, 0.6) is 0 Å². The molecule has 0 unspecified atom stereocenters. The van der Waals surface area contributed by atoms with Crippen LogP contribution in [0.4, 0.5) is 10.1 Å². The molecule has 0 fully saturated rings. The number of pyridine rings is 1. The van der Waals surface area contributed by atoms with Gasteiger partial charge in [-0.1, -0.05) is 0 Å². The molecule has 0 radical (unpaired) electrons. The number of hydrogen-bond donors (Lipinski definition) is 1. The van der Waals surface area contributed by atoms with E-state index in [9.17, 15) is 4.39 Å². The van der Waals surface area contributed by atoms with E-state index in [2.05, 4.69) is 10.3 Å². The molecule has 1 N–H and O–H groups in total. The zero-order valence-electron chi connectivity index (χ0n) is 6.63. The minimum absolute atomic E-state index is 0.230. The van der Waals surface area contributed by atoms with Gasteiger partial charge in [-0.3, -0.25) is 4.98 Å². The Balaban J connectivity index is 2.78. The van der Waals surface area contributed by atoms with Crippen LogP contribution in [0.2, 0.25) is 0 Å². The maximum Gasteiger partial charge on any atom is 0.149 e. The van der Waals surface area contributed by atoms with Crippen molar-refractivity contribution >= 4 is 5.69 Å². The maximum absolute atomic E-state index is 12.8. The molecular weight excluding hydrogens is 143 g/mol. The van der Waals surface area contributed by atoms with Gasteiger partial charge in [0.2, 0.25) is 0 Å². The third-order valence-electron chi connectivity index (χ3n) is 1.21. The number of nitrogens with one attached hydrogen (secondary N) is 1. The normalized spacial score (nSPS) is 10.2. The molecule has 2 nitrogen and oxygen atoms in total. The van der Waals surface area contributed by atoms with E-state index < -0.39 is 0 Å². The van der Waals surface area contributed by atoms with Crippen molar-refractivity contribution in [3.05, 3.63) is 24.3 Å². The lowest BCUT2D eigenvalue weighted by atomic mass is 10.3. The number of nitrogens with zero attached hydrogens (tertiary/aromatic N) is 1.